The van der Waals surface area contributed by atoms with Gasteiger partial charge in [-0.05, 0) is 25.8 Å². The van der Waals surface area contributed by atoms with Crippen molar-refractivity contribution in [3.05, 3.63) is 18.0 Å². The lowest BCUT2D eigenvalue weighted by Gasteiger charge is -2.46. The van der Waals surface area contributed by atoms with Gasteiger partial charge >= 0.3 is 0 Å². The second-order valence-corrected chi connectivity index (χ2v) is 5.69. The zero-order valence-corrected chi connectivity index (χ0v) is 12.0. The van der Waals surface area contributed by atoms with Gasteiger partial charge in [0.25, 0.3) is 0 Å². The molecular weight excluding hydrogens is 254 g/mol. The molecule has 2 fully saturated rings. The van der Waals surface area contributed by atoms with Crippen LogP contribution in [0.3, 0.4) is 0 Å². The number of amides is 1. The number of nitrogens with zero attached hydrogens (tertiary/aromatic N) is 3. The first kappa shape index (κ1) is 13.6. The van der Waals surface area contributed by atoms with Crippen LogP contribution in [-0.4, -0.2) is 64.2 Å². The summed E-state index contributed by atoms with van der Waals surface area (Å²) in [6.45, 7) is 6.60. The largest absolute Gasteiger partial charge is 0.342 e. The first-order valence-corrected chi connectivity index (χ1v) is 7.52. The second kappa shape index (κ2) is 5.93. The number of piperidine rings is 1. The van der Waals surface area contributed by atoms with Crippen LogP contribution in [0.15, 0.2) is 12.3 Å². The van der Waals surface area contributed by atoms with Crippen molar-refractivity contribution >= 4 is 5.91 Å². The van der Waals surface area contributed by atoms with Crippen molar-refractivity contribution < 1.29 is 4.79 Å². The average Bonchev–Trinajstić information content (AvgIpc) is 2.92. The molecule has 6 nitrogen and oxygen atoms in total. The minimum absolute atomic E-state index is 0.119. The molecule has 110 valence electrons. The van der Waals surface area contributed by atoms with Crippen molar-refractivity contribution in [3.8, 4) is 0 Å². The molecular formula is C14H23N5O. The lowest BCUT2D eigenvalue weighted by molar-refractivity contribution is -0.142. The summed E-state index contributed by atoms with van der Waals surface area (Å²) in [6.07, 6.45) is 3.92. The Morgan fingerprint density at radius 1 is 1.50 bits per heavy atom. The van der Waals surface area contributed by atoms with E-state index in [9.17, 15) is 4.79 Å². The number of aromatic nitrogens is 2. The van der Waals surface area contributed by atoms with E-state index in [1.165, 1.54) is 0 Å². The SMILES string of the molecule is CCN1CCCC(N2CC(NCc3ccn[nH]3)C2)C1=O. The number of rotatable bonds is 5. The van der Waals surface area contributed by atoms with Crippen LogP contribution in [0.2, 0.25) is 0 Å². The molecule has 2 saturated heterocycles. The molecule has 0 spiro atoms. The highest BCUT2D eigenvalue weighted by atomic mass is 16.2. The minimum Gasteiger partial charge on any atom is -0.342 e. The maximum atomic E-state index is 12.3. The maximum Gasteiger partial charge on any atom is 0.239 e. The van der Waals surface area contributed by atoms with Crippen LogP contribution in [-0.2, 0) is 11.3 Å². The average molecular weight is 277 g/mol. The molecule has 1 amide bonds. The van der Waals surface area contributed by atoms with E-state index in [-0.39, 0.29) is 6.04 Å². The van der Waals surface area contributed by atoms with Gasteiger partial charge in [0.1, 0.15) is 0 Å². The summed E-state index contributed by atoms with van der Waals surface area (Å²) < 4.78 is 0. The Bertz CT molecular complexity index is 440. The predicted molar refractivity (Wildman–Crippen MR) is 76.1 cm³/mol. The van der Waals surface area contributed by atoms with Gasteiger partial charge in [-0.3, -0.25) is 14.8 Å². The predicted octanol–water partition coefficient (Wildman–Crippen LogP) is 0.194. The molecule has 0 radical (unpaired) electrons. The normalized spacial score (nSPS) is 24.9. The molecule has 2 aliphatic heterocycles. The molecule has 3 heterocycles. The summed E-state index contributed by atoms with van der Waals surface area (Å²) in [4.78, 5) is 16.6. The summed E-state index contributed by atoms with van der Waals surface area (Å²) in [5.41, 5.74) is 1.11. The molecule has 0 aromatic carbocycles. The van der Waals surface area contributed by atoms with Crippen molar-refractivity contribution in [2.45, 2.75) is 38.4 Å². The molecule has 20 heavy (non-hydrogen) atoms. The zero-order valence-electron chi connectivity index (χ0n) is 12.0. The summed E-state index contributed by atoms with van der Waals surface area (Å²) in [5, 5.41) is 10.4. The van der Waals surface area contributed by atoms with Gasteiger partial charge in [-0.1, -0.05) is 0 Å². The van der Waals surface area contributed by atoms with Crippen molar-refractivity contribution in [2.24, 2.45) is 0 Å². The lowest BCUT2D eigenvalue weighted by atomic mass is 9.97. The van der Waals surface area contributed by atoms with Crippen LogP contribution in [0.5, 0.6) is 0 Å². The summed E-state index contributed by atoms with van der Waals surface area (Å²) in [7, 11) is 0. The van der Waals surface area contributed by atoms with Gasteiger partial charge in [0.15, 0.2) is 0 Å². The van der Waals surface area contributed by atoms with Gasteiger partial charge < -0.3 is 10.2 Å². The molecule has 6 heteroatoms. The molecule has 0 aliphatic carbocycles. The Balaban J connectivity index is 1.44. The first-order chi connectivity index (χ1) is 9.78. The number of hydrogen-bond donors (Lipinski definition) is 2. The third-order valence-corrected chi connectivity index (χ3v) is 4.37. The molecule has 2 aliphatic rings. The fraction of sp³-hybridized carbons (Fsp3) is 0.714. The van der Waals surface area contributed by atoms with Crippen LogP contribution in [0.25, 0.3) is 0 Å². The van der Waals surface area contributed by atoms with Crippen LogP contribution < -0.4 is 5.32 Å². The highest BCUT2D eigenvalue weighted by molar-refractivity contribution is 5.82. The number of carbonyl (C=O) groups is 1. The van der Waals surface area contributed by atoms with Crippen molar-refractivity contribution in [3.63, 3.8) is 0 Å². The van der Waals surface area contributed by atoms with Crippen molar-refractivity contribution in [1.29, 1.82) is 0 Å². The number of likely N-dealkylation sites (tertiary alicyclic amines) is 2. The second-order valence-electron chi connectivity index (χ2n) is 5.69. The van der Waals surface area contributed by atoms with Gasteiger partial charge in [0.2, 0.25) is 5.91 Å². The Kier molecular flexibility index (Phi) is 4.03. The molecule has 1 unspecified atom stereocenters. The number of H-pyrrole nitrogens is 1. The Morgan fingerprint density at radius 2 is 2.35 bits per heavy atom. The number of nitrogens with one attached hydrogen (secondary N) is 2. The number of hydrogen-bond acceptors (Lipinski definition) is 4. The molecule has 1 atom stereocenters. The van der Waals surface area contributed by atoms with Crippen LogP contribution in [0.4, 0.5) is 0 Å². The lowest BCUT2D eigenvalue weighted by Crippen LogP contribution is -2.65. The fourth-order valence-electron chi connectivity index (χ4n) is 3.11. The number of carbonyl (C=O) groups excluding carboxylic acids is 1. The molecule has 3 rings (SSSR count). The van der Waals surface area contributed by atoms with E-state index in [4.69, 9.17) is 0 Å². The Morgan fingerprint density at radius 3 is 3.05 bits per heavy atom. The van der Waals surface area contributed by atoms with E-state index in [0.29, 0.717) is 11.9 Å². The molecule has 0 saturated carbocycles. The van der Waals surface area contributed by atoms with E-state index >= 15 is 0 Å². The summed E-state index contributed by atoms with van der Waals surface area (Å²) in [5.74, 6) is 0.325. The van der Waals surface area contributed by atoms with Crippen LogP contribution in [0, 0.1) is 0 Å². The van der Waals surface area contributed by atoms with Gasteiger partial charge in [0, 0.05) is 50.7 Å². The van der Waals surface area contributed by atoms with E-state index in [1.807, 2.05) is 11.0 Å². The zero-order chi connectivity index (χ0) is 13.9. The number of likely N-dealkylation sites (N-methyl/N-ethyl adjacent to an activating group) is 1. The Hall–Kier alpha value is -1.40. The smallest absolute Gasteiger partial charge is 0.239 e. The first-order valence-electron chi connectivity index (χ1n) is 7.52. The van der Waals surface area contributed by atoms with Gasteiger partial charge in [-0.25, -0.2) is 0 Å². The molecule has 0 bridgehead atoms. The minimum atomic E-state index is 0.119. The molecule has 1 aromatic heterocycles. The standard InChI is InChI=1S/C14H23N5O/c1-2-18-7-3-4-13(14(18)20)19-9-12(10-19)15-8-11-5-6-16-17-11/h5-6,12-13,15H,2-4,7-10H2,1H3,(H,16,17). The van der Waals surface area contributed by atoms with Crippen LogP contribution >= 0.6 is 0 Å². The third kappa shape index (κ3) is 2.71. The monoisotopic (exact) mass is 277 g/mol. The van der Waals surface area contributed by atoms with E-state index in [1.54, 1.807) is 6.20 Å². The van der Waals surface area contributed by atoms with Gasteiger partial charge in [-0.2, -0.15) is 5.10 Å². The van der Waals surface area contributed by atoms with Crippen molar-refractivity contribution in [1.82, 2.24) is 25.3 Å². The molecule has 2 N–H and O–H groups in total. The highest BCUT2D eigenvalue weighted by Gasteiger charge is 2.38. The van der Waals surface area contributed by atoms with E-state index < -0.39 is 0 Å². The fourth-order valence-corrected chi connectivity index (χ4v) is 3.11. The Labute approximate surface area is 119 Å². The van der Waals surface area contributed by atoms with Crippen molar-refractivity contribution in [2.75, 3.05) is 26.2 Å². The summed E-state index contributed by atoms with van der Waals surface area (Å²) >= 11 is 0. The van der Waals surface area contributed by atoms with E-state index in [2.05, 4.69) is 27.3 Å². The topological polar surface area (TPSA) is 64.3 Å². The maximum absolute atomic E-state index is 12.3. The third-order valence-electron chi connectivity index (χ3n) is 4.37. The number of aromatic amines is 1. The van der Waals surface area contributed by atoms with E-state index in [0.717, 1.165) is 51.3 Å². The summed E-state index contributed by atoms with van der Waals surface area (Å²) in [6, 6.07) is 2.59. The quantitative estimate of drug-likeness (QED) is 0.807. The molecule has 1 aromatic rings. The highest BCUT2D eigenvalue weighted by Crippen LogP contribution is 2.22. The van der Waals surface area contributed by atoms with Gasteiger partial charge in [0.05, 0.1) is 6.04 Å². The van der Waals surface area contributed by atoms with Gasteiger partial charge in [-0.15, -0.1) is 0 Å². The van der Waals surface area contributed by atoms with Crippen LogP contribution in [0.1, 0.15) is 25.5 Å².